The van der Waals surface area contributed by atoms with E-state index in [4.69, 9.17) is 21.6 Å². The molecule has 5 heteroatoms. The molecule has 0 aliphatic rings. The molecule has 0 radical (unpaired) electrons. The molecule has 0 amide bonds. The van der Waals surface area contributed by atoms with Crippen molar-refractivity contribution in [1.29, 1.82) is 5.26 Å². The minimum absolute atomic E-state index is 0.368. The minimum atomic E-state index is 0.368. The second-order valence-electron chi connectivity index (χ2n) is 4.95. The Morgan fingerprint density at radius 2 is 2.14 bits per heavy atom. The zero-order valence-electron chi connectivity index (χ0n) is 12.3. The Bertz CT molecular complexity index is 630. The van der Waals surface area contributed by atoms with Crippen molar-refractivity contribution in [3.05, 3.63) is 29.6 Å². The smallest absolute Gasteiger partial charge is 0.124 e. The molecule has 1 aromatic carbocycles. The van der Waals surface area contributed by atoms with E-state index < -0.39 is 0 Å². The molecule has 0 aliphatic carbocycles. The van der Waals surface area contributed by atoms with Crippen LogP contribution in [-0.4, -0.2) is 22.8 Å². The van der Waals surface area contributed by atoms with Gasteiger partial charge in [-0.25, -0.2) is 4.98 Å². The number of hydrogen-bond donors (Lipinski definition) is 0. The lowest BCUT2D eigenvalue weighted by Gasteiger charge is -2.08. The Hall–Kier alpha value is -1.57. The minimum Gasteiger partial charge on any atom is -0.381 e. The number of aryl methyl sites for hydroxylation is 1. The summed E-state index contributed by atoms with van der Waals surface area (Å²) in [4.78, 5) is 4.52. The fourth-order valence-corrected chi connectivity index (χ4v) is 2.47. The summed E-state index contributed by atoms with van der Waals surface area (Å²) in [7, 11) is 0. The van der Waals surface area contributed by atoms with E-state index in [-0.39, 0.29) is 0 Å². The van der Waals surface area contributed by atoms with Gasteiger partial charge in [-0.2, -0.15) is 5.26 Å². The first-order valence-electron chi connectivity index (χ1n) is 7.33. The number of ether oxygens (including phenoxy) is 1. The average Bonchev–Trinajstić information content (AvgIpc) is 2.87. The number of hydrogen-bond acceptors (Lipinski definition) is 3. The maximum absolute atomic E-state index is 9.02. The largest absolute Gasteiger partial charge is 0.381 e. The van der Waals surface area contributed by atoms with Crippen LogP contribution in [-0.2, 0) is 17.2 Å². The summed E-state index contributed by atoms with van der Waals surface area (Å²) in [5.41, 5.74) is 2.50. The van der Waals surface area contributed by atoms with E-state index in [0.717, 1.165) is 55.9 Å². The topological polar surface area (TPSA) is 50.8 Å². The fraction of sp³-hybridized carbons (Fsp3) is 0.500. The summed E-state index contributed by atoms with van der Waals surface area (Å²) in [6.07, 6.45) is 3.17. The molecule has 4 nitrogen and oxygen atoms in total. The van der Waals surface area contributed by atoms with Crippen molar-refractivity contribution in [2.75, 3.05) is 13.2 Å². The molecule has 0 fully saturated rings. The van der Waals surface area contributed by atoms with Gasteiger partial charge in [0.25, 0.3) is 0 Å². The van der Waals surface area contributed by atoms with Crippen LogP contribution in [0.1, 0.15) is 37.6 Å². The average molecular weight is 306 g/mol. The van der Waals surface area contributed by atoms with Gasteiger partial charge in [-0.05, 0) is 31.0 Å². The number of nitrogens with zero attached hydrogens (tertiary/aromatic N) is 3. The first-order chi connectivity index (χ1) is 10.3. The number of halogens is 1. The molecule has 0 saturated heterocycles. The SMILES string of the molecule is CCCCOCCCn1c(CCl)nc2ccc(C#N)cc21. The molecule has 0 spiro atoms. The molecule has 0 N–H and O–H groups in total. The number of imidazole rings is 1. The van der Waals surface area contributed by atoms with Crippen LogP contribution in [0.4, 0.5) is 0 Å². The van der Waals surface area contributed by atoms with Crippen molar-refractivity contribution >= 4 is 22.6 Å². The normalized spacial score (nSPS) is 10.9. The van der Waals surface area contributed by atoms with Gasteiger partial charge in [-0.3, -0.25) is 0 Å². The van der Waals surface area contributed by atoms with Gasteiger partial charge < -0.3 is 9.30 Å². The second kappa shape index (κ2) is 8.02. The van der Waals surface area contributed by atoms with Crippen LogP contribution in [0, 0.1) is 11.3 Å². The zero-order valence-corrected chi connectivity index (χ0v) is 13.1. The molecular weight excluding hydrogens is 286 g/mol. The highest BCUT2D eigenvalue weighted by atomic mass is 35.5. The molecule has 0 atom stereocenters. The Balaban J connectivity index is 2.08. The Labute approximate surface area is 130 Å². The molecular formula is C16H20ClN3O. The van der Waals surface area contributed by atoms with Crippen LogP contribution in [0.3, 0.4) is 0 Å². The lowest BCUT2D eigenvalue weighted by atomic mass is 10.2. The molecule has 112 valence electrons. The maximum atomic E-state index is 9.02. The third kappa shape index (κ3) is 3.96. The Morgan fingerprint density at radius 1 is 1.33 bits per heavy atom. The molecule has 1 aromatic heterocycles. The van der Waals surface area contributed by atoms with Gasteiger partial charge in [0.05, 0.1) is 28.5 Å². The van der Waals surface area contributed by atoms with E-state index in [0.29, 0.717) is 11.4 Å². The standard InChI is InChI=1S/C16H20ClN3O/c1-2-3-8-21-9-4-7-20-15-10-13(12-18)5-6-14(15)19-16(20)11-17/h5-6,10H,2-4,7-9,11H2,1H3. The summed E-state index contributed by atoms with van der Waals surface area (Å²) in [5.74, 6) is 1.21. The van der Waals surface area contributed by atoms with Crippen molar-refractivity contribution in [3.63, 3.8) is 0 Å². The summed E-state index contributed by atoms with van der Waals surface area (Å²) >= 11 is 5.98. The second-order valence-corrected chi connectivity index (χ2v) is 5.22. The molecule has 0 unspecified atom stereocenters. The third-order valence-corrected chi connectivity index (χ3v) is 3.63. The Kier molecular flexibility index (Phi) is 6.04. The molecule has 0 aliphatic heterocycles. The van der Waals surface area contributed by atoms with E-state index >= 15 is 0 Å². The van der Waals surface area contributed by atoms with Crippen molar-refractivity contribution in [1.82, 2.24) is 9.55 Å². The molecule has 2 aromatic rings. The van der Waals surface area contributed by atoms with Crippen molar-refractivity contribution in [3.8, 4) is 6.07 Å². The predicted molar refractivity (Wildman–Crippen MR) is 84.3 cm³/mol. The van der Waals surface area contributed by atoms with E-state index in [1.165, 1.54) is 0 Å². The molecule has 2 rings (SSSR count). The lowest BCUT2D eigenvalue weighted by molar-refractivity contribution is 0.126. The van der Waals surface area contributed by atoms with Crippen molar-refractivity contribution < 1.29 is 4.74 Å². The summed E-state index contributed by atoms with van der Waals surface area (Å²) in [6.45, 7) is 4.52. The van der Waals surface area contributed by atoms with Gasteiger partial charge in [0.1, 0.15) is 5.82 Å². The number of aromatic nitrogens is 2. The van der Waals surface area contributed by atoms with Crippen LogP contribution in [0.2, 0.25) is 0 Å². The van der Waals surface area contributed by atoms with Crippen LogP contribution in [0.15, 0.2) is 18.2 Å². The highest BCUT2D eigenvalue weighted by Crippen LogP contribution is 2.19. The molecule has 0 saturated carbocycles. The summed E-state index contributed by atoms with van der Waals surface area (Å²) in [6, 6.07) is 7.69. The zero-order chi connectivity index (χ0) is 15.1. The van der Waals surface area contributed by atoms with Gasteiger partial charge in [-0.1, -0.05) is 13.3 Å². The van der Waals surface area contributed by atoms with E-state index in [9.17, 15) is 0 Å². The lowest BCUT2D eigenvalue weighted by Crippen LogP contribution is -2.06. The van der Waals surface area contributed by atoms with Crippen LogP contribution in [0.25, 0.3) is 11.0 Å². The summed E-state index contributed by atoms with van der Waals surface area (Å²) in [5, 5.41) is 9.02. The van der Waals surface area contributed by atoms with Gasteiger partial charge in [0.2, 0.25) is 0 Å². The first kappa shape index (κ1) is 15.8. The van der Waals surface area contributed by atoms with Crippen LogP contribution >= 0.6 is 11.6 Å². The van der Waals surface area contributed by atoms with Gasteiger partial charge in [0.15, 0.2) is 0 Å². The monoisotopic (exact) mass is 305 g/mol. The predicted octanol–water partition coefficient (Wildman–Crippen LogP) is 3.85. The van der Waals surface area contributed by atoms with Crippen molar-refractivity contribution in [2.24, 2.45) is 0 Å². The quantitative estimate of drug-likeness (QED) is 0.550. The van der Waals surface area contributed by atoms with Crippen LogP contribution < -0.4 is 0 Å². The highest BCUT2D eigenvalue weighted by molar-refractivity contribution is 6.16. The molecule has 21 heavy (non-hydrogen) atoms. The van der Waals surface area contributed by atoms with E-state index in [1.54, 1.807) is 6.07 Å². The highest BCUT2D eigenvalue weighted by Gasteiger charge is 2.10. The number of nitriles is 1. The van der Waals surface area contributed by atoms with Crippen LogP contribution in [0.5, 0.6) is 0 Å². The first-order valence-corrected chi connectivity index (χ1v) is 7.86. The number of rotatable bonds is 8. The van der Waals surface area contributed by atoms with Gasteiger partial charge >= 0.3 is 0 Å². The number of unbranched alkanes of at least 4 members (excludes halogenated alkanes) is 1. The molecule has 0 bridgehead atoms. The Morgan fingerprint density at radius 3 is 2.86 bits per heavy atom. The van der Waals surface area contributed by atoms with Gasteiger partial charge in [0, 0.05) is 19.8 Å². The molecule has 1 heterocycles. The number of benzene rings is 1. The maximum Gasteiger partial charge on any atom is 0.124 e. The number of alkyl halides is 1. The van der Waals surface area contributed by atoms with E-state index in [1.807, 2.05) is 12.1 Å². The summed E-state index contributed by atoms with van der Waals surface area (Å²) < 4.78 is 7.67. The number of fused-ring (bicyclic) bond motifs is 1. The third-order valence-electron chi connectivity index (χ3n) is 3.39. The van der Waals surface area contributed by atoms with E-state index in [2.05, 4.69) is 22.5 Å². The fourth-order valence-electron chi connectivity index (χ4n) is 2.27. The van der Waals surface area contributed by atoms with Crippen molar-refractivity contribution in [2.45, 2.75) is 38.6 Å². The van der Waals surface area contributed by atoms with Gasteiger partial charge in [-0.15, -0.1) is 11.6 Å².